The van der Waals surface area contributed by atoms with Crippen LogP contribution in [0.1, 0.15) is 24.2 Å². The molecule has 5 nitrogen and oxygen atoms in total. The van der Waals surface area contributed by atoms with E-state index in [4.69, 9.17) is 28.9 Å². The van der Waals surface area contributed by atoms with Crippen LogP contribution in [0.15, 0.2) is 47.6 Å². The minimum Gasteiger partial charge on any atom is -0.382 e. The minimum absolute atomic E-state index is 0.295. The lowest BCUT2D eigenvalue weighted by Gasteiger charge is -2.13. The summed E-state index contributed by atoms with van der Waals surface area (Å²) in [4.78, 5) is 9.44. The highest BCUT2D eigenvalue weighted by atomic mass is 35.5. The Hall–Kier alpha value is -2.48. The van der Waals surface area contributed by atoms with Gasteiger partial charge in [0.1, 0.15) is 22.9 Å². The summed E-state index contributed by atoms with van der Waals surface area (Å²) in [6, 6.07) is 8.82. The molecule has 5 rings (SSSR count). The van der Waals surface area contributed by atoms with Crippen molar-refractivity contribution in [3.8, 4) is 11.3 Å². The van der Waals surface area contributed by atoms with E-state index in [1.54, 1.807) is 41.1 Å². The largest absolute Gasteiger partial charge is 0.382 e. The first-order valence-electron chi connectivity index (χ1n) is 10.2. The topological polar surface area (TPSA) is 68.2 Å². The molecule has 0 unspecified atom stereocenters. The van der Waals surface area contributed by atoms with Crippen LogP contribution in [0.3, 0.4) is 0 Å². The first-order valence-corrected chi connectivity index (χ1v) is 11.8. The Morgan fingerprint density at radius 2 is 2.09 bits per heavy atom. The summed E-state index contributed by atoms with van der Waals surface area (Å²) in [6.45, 7) is 1.84. The highest BCUT2D eigenvalue weighted by molar-refractivity contribution is 8.00. The summed E-state index contributed by atoms with van der Waals surface area (Å²) in [6.07, 6.45) is 6.72. The molecule has 0 spiro atoms. The fourth-order valence-electron chi connectivity index (χ4n) is 3.78. The lowest BCUT2D eigenvalue weighted by molar-refractivity contribution is 0.635. The number of nitrogens with zero attached hydrogens (tertiary/aromatic N) is 3. The second kappa shape index (κ2) is 8.46. The predicted octanol–water partition coefficient (Wildman–Crippen LogP) is 6.80. The lowest BCUT2D eigenvalue weighted by atomic mass is 10.1. The molecule has 0 aliphatic heterocycles. The predicted molar refractivity (Wildman–Crippen MR) is 130 cm³/mol. The van der Waals surface area contributed by atoms with Crippen LogP contribution in [-0.2, 0) is 6.42 Å². The number of hydrogen-bond donors (Lipinski definition) is 2. The van der Waals surface area contributed by atoms with Crippen LogP contribution in [0.4, 0.5) is 15.9 Å². The number of rotatable bonds is 6. The zero-order valence-electron chi connectivity index (χ0n) is 17.2. The second-order valence-electron chi connectivity index (χ2n) is 7.93. The molecular weight excluding hydrogens is 468 g/mol. The molecule has 0 atom stereocenters. The molecule has 1 fully saturated rings. The third-order valence-electron chi connectivity index (χ3n) is 5.57. The number of hydrogen-bond acceptors (Lipinski definition) is 5. The summed E-state index contributed by atoms with van der Waals surface area (Å²) in [5.74, 6) is 1.25. The fraction of sp³-hybridized carbons (Fsp3) is 0.217. The number of fused-ring (bicyclic) bond motifs is 1. The summed E-state index contributed by atoms with van der Waals surface area (Å²) in [5.41, 5.74) is 8.79. The molecule has 2 aromatic carbocycles. The number of aromatic nitrogens is 3. The maximum Gasteiger partial charge on any atom is 0.156 e. The molecule has 0 saturated heterocycles. The zero-order chi connectivity index (χ0) is 22.4. The van der Waals surface area contributed by atoms with Crippen molar-refractivity contribution in [1.82, 2.24) is 14.4 Å². The first-order chi connectivity index (χ1) is 15.4. The minimum atomic E-state index is -0.431. The van der Waals surface area contributed by atoms with E-state index in [0.717, 1.165) is 16.9 Å². The van der Waals surface area contributed by atoms with Crippen LogP contribution >= 0.6 is 35.1 Å². The van der Waals surface area contributed by atoms with Gasteiger partial charge in [0.25, 0.3) is 0 Å². The molecule has 2 aromatic heterocycles. The molecule has 4 aromatic rings. The molecule has 1 saturated carbocycles. The molecule has 3 N–H and O–H groups in total. The number of imidazole rings is 1. The number of benzene rings is 2. The van der Waals surface area contributed by atoms with Crippen molar-refractivity contribution >= 4 is 52.2 Å². The van der Waals surface area contributed by atoms with Crippen molar-refractivity contribution in [2.75, 3.05) is 10.5 Å². The molecule has 0 radical (unpaired) electrons. The van der Waals surface area contributed by atoms with Crippen molar-refractivity contribution in [2.45, 2.75) is 31.1 Å². The van der Waals surface area contributed by atoms with Crippen molar-refractivity contribution in [3.05, 3.63) is 70.0 Å². The van der Waals surface area contributed by atoms with Crippen molar-refractivity contribution < 1.29 is 4.39 Å². The summed E-state index contributed by atoms with van der Waals surface area (Å²) in [5, 5.41) is 1.27. The highest BCUT2D eigenvalue weighted by Gasteiger charge is 2.24. The Bertz CT molecular complexity index is 1340. The third kappa shape index (κ3) is 4.00. The van der Waals surface area contributed by atoms with E-state index in [9.17, 15) is 0 Å². The van der Waals surface area contributed by atoms with E-state index in [-0.39, 0.29) is 0 Å². The van der Waals surface area contributed by atoms with Gasteiger partial charge < -0.3 is 10.5 Å². The molecule has 0 bridgehead atoms. The molecule has 164 valence electrons. The van der Waals surface area contributed by atoms with Crippen LogP contribution in [0.5, 0.6) is 0 Å². The molecule has 0 amide bonds. The number of halogens is 3. The summed E-state index contributed by atoms with van der Waals surface area (Å²) in [7, 11) is 0. The second-order valence-corrected chi connectivity index (χ2v) is 9.60. The van der Waals surface area contributed by atoms with Gasteiger partial charge in [0.05, 0.1) is 10.7 Å². The number of nitrogen functional groups attached to an aromatic ring is 1. The van der Waals surface area contributed by atoms with Crippen molar-refractivity contribution in [2.24, 2.45) is 5.92 Å². The fourth-order valence-corrected chi connectivity index (χ4v) is 5.17. The summed E-state index contributed by atoms with van der Waals surface area (Å²) < 4.78 is 20.4. The van der Waals surface area contributed by atoms with Gasteiger partial charge in [-0.25, -0.2) is 14.4 Å². The number of nitrogens with two attached hydrogens (primary N) is 1. The smallest absolute Gasteiger partial charge is 0.156 e. The maximum atomic E-state index is 15.5. The van der Waals surface area contributed by atoms with E-state index < -0.39 is 5.82 Å². The van der Waals surface area contributed by atoms with Crippen LogP contribution in [0.25, 0.3) is 16.8 Å². The maximum absolute atomic E-state index is 15.5. The zero-order valence-corrected chi connectivity index (χ0v) is 19.5. The SMILES string of the molecule is Cc1nc(-c2cccc(NSc3cc(Cl)cc(CC4CC4)c3Cl)c2F)c2c(N)nccn12. The highest BCUT2D eigenvalue weighted by Crippen LogP contribution is 2.40. The molecule has 1 aliphatic carbocycles. The van der Waals surface area contributed by atoms with Crippen LogP contribution in [0, 0.1) is 18.7 Å². The van der Waals surface area contributed by atoms with E-state index >= 15 is 4.39 Å². The number of aryl methyl sites for hydroxylation is 1. The standard InChI is InChI=1S/C23H20Cl2FN5S/c1-12-29-21(22-23(27)28-7-8-31(12)22)16-3-2-4-17(20(16)26)30-32-18-11-15(24)10-14(19(18)25)9-13-5-6-13/h2-4,7-8,10-11,13,30H,5-6,9H2,1H3,(H2,27,28). The first kappa shape index (κ1) is 21.4. The quantitative estimate of drug-likeness (QED) is 0.292. The van der Waals surface area contributed by atoms with E-state index in [1.807, 2.05) is 13.0 Å². The molecule has 9 heteroatoms. The van der Waals surface area contributed by atoms with Gasteiger partial charge in [-0.05, 0) is 73.9 Å². The lowest BCUT2D eigenvalue weighted by Crippen LogP contribution is -1.98. The molecule has 2 heterocycles. The van der Waals surface area contributed by atoms with Gasteiger partial charge in [0.2, 0.25) is 0 Å². The Morgan fingerprint density at radius 3 is 2.88 bits per heavy atom. The Morgan fingerprint density at radius 1 is 1.28 bits per heavy atom. The van der Waals surface area contributed by atoms with E-state index in [1.165, 1.54) is 24.8 Å². The Kier molecular flexibility index (Phi) is 5.65. The van der Waals surface area contributed by atoms with Gasteiger partial charge in [-0.3, -0.25) is 4.40 Å². The average molecular weight is 488 g/mol. The van der Waals surface area contributed by atoms with Gasteiger partial charge in [-0.15, -0.1) is 0 Å². The normalized spacial score (nSPS) is 13.6. The Balaban J connectivity index is 1.47. The Labute approximate surface area is 199 Å². The number of anilines is 2. The monoisotopic (exact) mass is 487 g/mol. The van der Waals surface area contributed by atoms with Crippen molar-refractivity contribution in [3.63, 3.8) is 0 Å². The molecular formula is C23H20Cl2FN5S. The van der Waals surface area contributed by atoms with Crippen LogP contribution in [-0.4, -0.2) is 14.4 Å². The van der Waals surface area contributed by atoms with E-state index in [0.29, 0.717) is 50.1 Å². The number of nitrogens with one attached hydrogen (secondary N) is 1. The van der Waals surface area contributed by atoms with E-state index in [2.05, 4.69) is 14.7 Å². The van der Waals surface area contributed by atoms with Gasteiger partial charge in [-0.2, -0.15) is 0 Å². The molecule has 32 heavy (non-hydrogen) atoms. The summed E-state index contributed by atoms with van der Waals surface area (Å²) >= 11 is 14.2. The third-order valence-corrected chi connectivity index (χ3v) is 7.21. The molecule has 1 aliphatic rings. The van der Waals surface area contributed by atoms with Gasteiger partial charge in [0.15, 0.2) is 5.82 Å². The average Bonchev–Trinajstić information content (AvgIpc) is 3.52. The van der Waals surface area contributed by atoms with Crippen molar-refractivity contribution in [1.29, 1.82) is 0 Å². The van der Waals surface area contributed by atoms with Gasteiger partial charge >= 0.3 is 0 Å². The van der Waals surface area contributed by atoms with Gasteiger partial charge in [-0.1, -0.05) is 29.3 Å². The van der Waals surface area contributed by atoms with Crippen LogP contribution in [0.2, 0.25) is 10.0 Å². The van der Waals surface area contributed by atoms with Crippen LogP contribution < -0.4 is 10.5 Å². The van der Waals surface area contributed by atoms with Gasteiger partial charge in [0, 0.05) is 27.9 Å².